The van der Waals surface area contributed by atoms with E-state index in [1.54, 1.807) is 32.2 Å². The van der Waals surface area contributed by atoms with Crippen molar-refractivity contribution >= 4 is 21.7 Å². The van der Waals surface area contributed by atoms with Crippen molar-refractivity contribution in [2.45, 2.75) is 43.9 Å². The first-order valence-corrected chi connectivity index (χ1v) is 13.2. The molecule has 1 aliphatic heterocycles. The summed E-state index contributed by atoms with van der Waals surface area (Å²) in [7, 11) is -2.34. The van der Waals surface area contributed by atoms with Crippen LogP contribution in [0.5, 0.6) is 5.75 Å². The Morgan fingerprint density at radius 1 is 1.25 bits per heavy atom. The van der Waals surface area contributed by atoms with Crippen molar-refractivity contribution in [2.24, 2.45) is 5.92 Å². The van der Waals surface area contributed by atoms with E-state index in [1.165, 1.54) is 28.3 Å². The van der Waals surface area contributed by atoms with Gasteiger partial charge < -0.3 is 25.2 Å². The summed E-state index contributed by atoms with van der Waals surface area (Å²) in [5, 5.41) is 22.1. The number of amides is 2. The smallest absolute Gasteiger partial charge is 0.321 e. The van der Waals surface area contributed by atoms with E-state index in [4.69, 9.17) is 4.74 Å². The molecule has 36 heavy (non-hydrogen) atoms. The maximum absolute atomic E-state index is 13.5. The molecule has 2 aromatic carbocycles. The van der Waals surface area contributed by atoms with Gasteiger partial charge in [-0.25, -0.2) is 13.2 Å². The molecule has 3 rings (SSSR count). The van der Waals surface area contributed by atoms with Crippen LogP contribution in [0.25, 0.3) is 0 Å². The van der Waals surface area contributed by atoms with E-state index in [-0.39, 0.29) is 42.3 Å². The van der Waals surface area contributed by atoms with E-state index >= 15 is 0 Å². The second-order valence-electron chi connectivity index (χ2n) is 9.02. The largest absolute Gasteiger partial charge is 0.487 e. The third kappa shape index (κ3) is 6.56. The normalized spacial score (nSPS) is 20.8. The number of fused-ring (bicyclic) bond motifs is 1. The molecule has 3 N–H and O–H groups in total. The van der Waals surface area contributed by atoms with Gasteiger partial charge in [0.1, 0.15) is 22.9 Å². The molecule has 0 spiro atoms. The Kier molecular flexibility index (Phi) is 8.98. The molecular formula is C26H33N3O6S. The van der Waals surface area contributed by atoms with Gasteiger partial charge in [0.15, 0.2) is 0 Å². The van der Waals surface area contributed by atoms with Crippen molar-refractivity contribution < 1.29 is 28.2 Å². The number of rotatable bonds is 5. The minimum absolute atomic E-state index is 0.0429. The third-order valence-corrected chi connectivity index (χ3v) is 7.94. The van der Waals surface area contributed by atoms with Crippen molar-refractivity contribution in [3.05, 3.63) is 54.1 Å². The fraction of sp³-hybridized carbons (Fsp3) is 0.423. The molecule has 0 fully saturated rings. The van der Waals surface area contributed by atoms with Crippen LogP contribution in [0.2, 0.25) is 0 Å². The Labute approximate surface area is 212 Å². The molecule has 10 heteroatoms. The van der Waals surface area contributed by atoms with Crippen LogP contribution < -0.4 is 10.1 Å². The number of likely N-dealkylation sites (N-methyl/N-ethyl adjacent to an activating group) is 1. The number of nitrogens with zero attached hydrogens (tertiary/aromatic N) is 2. The minimum atomic E-state index is -3.99. The van der Waals surface area contributed by atoms with Crippen LogP contribution in [0.15, 0.2) is 53.4 Å². The molecule has 1 aliphatic rings. The second kappa shape index (κ2) is 11.8. The Morgan fingerprint density at radius 3 is 2.58 bits per heavy atom. The van der Waals surface area contributed by atoms with Crippen LogP contribution in [0.3, 0.4) is 0 Å². The zero-order valence-electron chi connectivity index (χ0n) is 20.9. The van der Waals surface area contributed by atoms with Gasteiger partial charge in [0.25, 0.3) is 0 Å². The van der Waals surface area contributed by atoms with Crippen LogP contribution in [-0.2, 0) is 10.0 Å². The zero-order valence-corrected chi connectivity index (χ0v) is 21.7. The van der Waals surface area contributed by atoms with E-state index < -0.39 is 28.3 Å². The summed E-state index contributed by atoms with van der Waals surface area (Å²) in [4.78, 5) is 14.2. The predicted octanol–water partition coefficient (Wildman–Crippen LogP) is 2.35. The standard InChI is InChI=1S/C26H33N3O6S/c1-18-15-29(19(2)17-30)36(33,34)25-13-12-21(11-10-20(3)31)14-23(25)35-24(18)16-28(4)26(32)27-22-8-6-5-7-9-22/h5-9,12-14,18-20,24,30-31H,15-17H2,1-4H3,(H,27,32)/t18-,19-,20+,24+/m0/s1. The molecule has 0 saturated carbocycles. The maximum Gasteiger partial charge on any atom is 0.321 e. The van der Waals surface area contributed by atoms with Crippen molar-refractivity contribution in [1.82, 2.24) is 9.21 Å². The van der Waals surface area contributed by atoms with E-state index in [1.807, 2.05) is 25.1 Å². The van der Waals surface area contributed by atoms with E-state index in [2.05, 4.69) is 17.2 Å². The van der Waals surface area contributed by atoms with Crippen molar-refractivity contribution in [1.29, 1.82) is 0 Å². The summed E-state index contributed by atoms with van der Waals surface area (Å²) in [6, 6.07) is 12.6. The molecular weight excluding hydrogens is 482 g/mol. The Morgan fingerprint density at radius 2 is 1.94 bits per heavy atom. The number of ether oxygens (including phenoxy) is 1. The third-order valence-electron chi connectivity index (χ3n) is 5.92. The fourth-order valence-electron chi connectivity index (χ4n) is 3.80. The van der Waals surface area contributed by atoms with Crippen molar-refractivity contribution in [3.63, 3.8) is 0 Å². The molecule has 194 valence electrons. The number of aliphatic hydroxyl groups excluding tert-OH is 2. The summed E-state index contributed by atoms with van der Waals surface area (Å²) in [5.41, 5.74) is 1.13. The van der Waals surface area contributed by atoms with Gasteiger partial charge in [-0.2, -0.15) is 4.31 Å². The van der Waals surface area contributed by atoms with Gasteiger partial charge >= 0.3 is 6.03 Å². The van der Waals surface area contributed by atoms with E-state index in [0.717, 1.165) is 0 Å². The summed E-state index contributed by atoms with van der Waals surface area (Å²) in [6.07, 6.45) is -1.40. The summed E-state index contributed by atoms with van der Waals surface area (Å²) in [6.45, 7) is 4.97. The van der Waals surface area contributed by atoms with Gasteiger partial charge in [-0.15, -0.1) is 0 Å². The van der Waals surface area contributed by atoms with Gasteiger partial charge in [-0.1, -0.05) is 37.0 Å². The van der Waals surface area contributed by atoms with Crippen LogP contribution in [0.4, 0.5) is 10.5 Å². The number of sulfonamides is 1. The van der Waals surface area contributed by atoms with Crippen LogP contribution >= 0.6 is 0 Å². The maximum atomic E-state index is 13.5. The highest BCUT2D eigenvalue weighted by molar-refractivity contribution is 7.89. The number of carbonyl (C=O) groups is 1. The summed E-state index contributed by atoms with van der Waals surface area (Å²) < 4.78 is 34.6. The lowest BCUT2D eigenvalue weighted by atomic mass is 10.0. The lowest BCUT2D eigenvalue weighted by Crippen LogP contribution is -2.50. The first-order valence-electron chi connectivity index (χ1n) is 11.7. The molecule has 0 unspecified atom stereocenters. The molecule has 2 amide bonds. The van der Waals surface area contributed by atoms with Crippen molar-refractivity contribution in [3.8, 4) is 17.6 Å². The van der Waals surface area contributed by atoms with Crippen LogP contribution in [0, 0.1) is 17.8 Å². The molecule has 1 heterocycles. The first kappa shape index (κ1) is 27.5. The molecule has 4 atom stereocenters. The molecule has 0 aromatic heterocycles. The minimum Gasteiger partial charge on any atom is -0.487 e. The number of urea groups is 1. The first-order chi connectivity index (χ1) is 17.0. The molecule has 0 saturated heterocycles. The van der Waals surface area contributed by atoms with Gasteiger partial charge in [-0.05, 0) is 44.2 Å². The number of nitrogens with one attached hydrogen (secondary N) is 1. The van der Waals surface area contributed by atoms with Gasteiger partial charge in [0.2, 0.25) is 10.0 Å². The number of anilines is 1. The summed E-state index contributed by atoms with van der Waals surface area (Å²) >= 11 is 0. The van der Waals surface area contributed by atoms with Crippen LogP contribution in [0.1, 0.15) is 26.3 Å². The molecule has 9 nitrogen and oxygen atoms in total. The Bertz CT molecular complexity index is 1220. The fourth-order valence-corrected chi connectivity index (χ4v) is 5.63. The highest BCUT2D eigenvalue weighted by Crippen LogP contribution is 2.34. The molecule has 0 bridgehead atoms. The molecule has 0 radical (unpaired) electrons. The number of hydrogen-bond acceptors (Lipinski definition) is 6. The number of hydrogen-bond donors (Lipinski definition) is 3. The average Bonchev–Trinajstić information content (AvgIpc) is 2.84. The van der Waals surface area contributed by atoms with Crippen molar-refractivity contribution in [2.75, 3.05) is 32.1 Å². The van der Waals surface area contributed by atoms with E-state index in [9.17, 15) is 23.4 Å². The Balaban J connectivity index is 1.96. The highest BCUT2D eigenvalue weighted by Gasteiger charge is 2.38. The number of aliphatic hydroxyl groups is 2. The number of carbonyl (C=O) groups excluding carboxylic acids is 1. The average molecular weight is 516 g/mol. The highest BCUT2D eigenvalue weighted by atomic mass is 32.2. The Hall–Kier alpha value is -3.10. The lowest BCUT2D eigenvalue weighted by Gasteiger charge is -2.37. The zero-order chi connectivity index (χ0) is 26.5. The van der Waals surface area contributed by atoms with E-state index in [0.29, 0.717) is 11.3 Å². The van der Waals surface area contributed by atoms with Gasteiger partial charge in [0, 0.05) is 36.8 Å². The van der Waals surface area contributed by atoms with Gasteiger partial charge in [-0.3, -0.25) is 0 Å². The quantitative estimate of drug-likeness (QED) is 0.526. The lowest BCUT2D eigenvalue weighted by molar-refractivity contribution is 0.0830. The monoisotopic (exact) mass is 515 g/mol. The van der Waals surface area contributed by atoms with Gasteiger partial charge in [0.05, 0.1) is 13.2 Å². The molecule has 0 aliphatic carbocycles. The SMILES string of the molecule is C[C@@H](O)C#Cc1ccc2c(c1)O[C@H](CN(C)C(=O)Nc1ccccc1)[C@@H](C)CN([C@@H](C)CO)S2(=O)=O. The summed E-state index contributed by atoms with van der Waals surface area (Å²) in [5.74, 6) is 5.24. The number of benzene rings is 2. The molecule has 2 aromatic rings. The number of para-hydroxylation sites is 1. The second-order valence-corrected chi connectivity index (χ2v) is 10.9. The predicted molar refractivity (Wildman–Crippen MR) is 137 cm³/mol. The van der Waals surface area contributed by atoms with Crippen LogP contribution in [-0.4, -0.2) is 78.9 Å². The topological polar surface area (TPSA) is 119 Å².